The Balaban J connectivity index is 2.12. The van der Waals surface area contributed by atoms with Crippen LogP contribution in [0.3, 0.4) is 0 Å². The topological polar surface area (TPSA) is 168 Å². The normalized spacial score (nSPS) is 27.7. The number of H-pyrrole nitrogens is 1. The standard InChI is InChI=1S/C18H20FN3O7/c19-10-7-22(17(28)21-16(10)27)18(15(26)13(24)12(8-23)29-18)14(25)11(20)6-9-4-2-1-3-5-9/h1-5,7,11-13,15,23-24,26H,6,8,20H2,(H,21,27,28)/t11-,12+,13+,15+,18+/m0/s1. The molecule has 1 aliphatic rings. The second-order valence-electron chi connectivity index (χ2n) is 6.74. The summed E-state index contributed by atoms with van der Waals surface area (Å²) in [5.41, 5.74) is 1.41. The van der Waals surface area contributed by atoms with E-state index in [0.29, 0.717) is 16.3 Å². The van der Waals surface area contributed by atoms with Gasteiger partial charge < -0.3 is 25.8 Å². The summed E-state index contributed by atoms with van der Waals surface area (Å²) in [5, 5.41) is 30.2. The molecule has 2 heterocycles. The van der Waals surface area contributed by atoms with Crippen molar-refractivity contribution in [3.8, 4) is 0 Å². The Kier molecular flexibility index (Phi) is 5.78. The van der Waals surface area contributed by atoms with Crippen molar-refractivity contribution in [2.75, 3.05) is 6.61 Å². The molecule has 6 N–H and O–H groups in total. The van der Waals surface area contributed by atoms with Gasteiger partial charge in [-0.25, -0.2) is 4.79 Å². The van der Waals surface area contributed by atoms with Crippen LogP contribution >= 0.6 is 0 Å². The van der Waals surface area contributed by atoms with Crippen molar-refractivity contribution < 1.29 is 29.2 Å². The van der Waals surface area contributed by atoms with Gasteiger partial charge in [-0.1, -0.05) is 30.3 Å². The zero-order chi connectivity index (χ0) is 21.3. The Morgan fingerprint density at radius 1 is 1.31 bits per heavy atom. The molecular formula is C18H20FN3O7. The first-order valence-electron chi connectivity index (χ1n) is 8.73. The van der Waals surface area contributed by atoms with Crippen LogP contribution in [0, 0.1) is 5.82 Å². The van der Waals surface area contributed by atoms with E-state index in [9.17, 15) is 34.1 Å². The fourth-order valence-corrected chi connectivity index (χ4v) is 3.39. The van der Waals surface area contributed by atoms with E-state index in [4.69, 9.17) is 10.5 Å². The van der Waals surface area contributed by atoms with Crippen molar-refractivity contribution in [2.24, 2.45) is 5.73 Å². The van der Waals surface area contributed by atoms with E-state index < -0.39 is 59.5 Å². The minimum absolute atomic E-state index is 0.0159. The highest BCUT2D eigenvalue weighted by Gasteiger charge is 2.61. The Bertz CT molecular complexity index is 1010. The average molecular weight is 409 g/mol. The van der Waals surface area contributed by atoms with Crippen LogP contribution in [0.25, 0.3) is 0 Å². The lowest BCUT2D eigenvalue weighted by atomic mass is 9.91. The molecule has 29 heavy (non-hydrogen) atoms. The fourth-order valence-electron chi connectivity index (χ4n) is 3.39. The van der Waals surface area contributed by atoms with E-state index in [0.717, 1.165) is 0 Å². The van der Waals surface area contributed by atoms with Crippen LogP contribution in [0.2, 0.25) is 0 Å². The number of nitrogens with two attached hydrogens (primary N) is 1. The Hall–Kier alpha value is -2.70. The number of nitrogens with one attached hydrogen (secondary N) is 1. The molecule has 1 fully saturated rings. The van der Waals surface area contributed by atoms with Gasteiger partial charge in [0.1, 0.15) is 18.3 Å². The van der Waals surface area contributed by atoms with E-state index in [1.165, 1.54) is 0 Å². The van der Waals surface area contributed by atoms with E-state index in [1.807, 2.05) is 0 Å². The summed E-state index contributed by atoms with van der Waals surface area (Å²) < 4.78 is 19.6. The number of aromatic nitrogens is 2. The second kappa shape index (κ2) is 7.97. The number of aliphatic hydroxyl groups excluding tert-OH is 3. The van der Waals surface area contributed by atoms with Gasteiger partial charge in [0, 0.05) is 0 Å². The second-order valence-corrected chi connectivity index (χ2v) is 6.74. The molecule has 1 saturated heterocycles. The summed E-state index contributed by atoms with van der Waals surface area (Å²) in [6, 6.07) is 7.25. The number of hydrogen-bond donors (Lipinski definition) is 5. The van der Waals surface area contributed by atoms with Crippen molar-refractivity contribution in [1.82, 2.24) is 9.55 Å². The molecule has 10 nitrogen and oxygen atoms in total. The summed E-state index contributed by atoms with van der Waals surface area (Å²) in [6.45, 7) is -0.804. The van der Waals surface area contributed by atoms with E-state index in [1.54, 1.807) is 35.3 Å². The lowest BCUT2D eigenvalue weighted by Gasteiger charge is -2.34. The monoisotopic (exact) mass is 409 g/mol. The molecule has 3 rings (SSSR count). The third-order valence-electron chi connectivity index (χ3n) is 4.86. The zero-order valence-corrected chi connectivity index (χ0v) is 15.1. The highest BCUT2D eigenvalue weighted by Crippen LogP contribution is 2.36. The van der Waals surface area contributed by atoms with Crippen LogP contribution in [0.1, 0.15) is 5.56 Å². The smallest absolute Gasteiger partial charge is 0.331 e. The van der Waals surface area contributed by atoms with Gasteiger partial charge in [0.25, 0.3) is 5.56 Å². The number of ether oxygens (including phenoxy) is 1. The summed E-state index contributed by atoms with van der Waals surface area (Å²) in [5.74, 6) is -2.47. The van der Waals surface area contributed by atoms with Crippen LogP contribution < -0.4 is 17.0 Å². The van der Waals surface area contributed by atoms with Crippen LogP contribution in [0.4, 0.5) is 4.39 Å². The maximum absolute atomic E-state index is 13.9. The van der Waals surface area contributed by atoms with E-state index in [2.05, 4.69) is 0 Å². The maximum Gasteiger partial charge on any atom is 0.331 e. The Labute approximate surface area is 163 Å². The van der Waals surface area contributed by atoms with E-state index in [-0.39, 0.29) is 6.42 Å². The Morgan fingerprint density at radius 3 is 2.55 bits per heavy atom. The molecule has 0 spiro atoms. The van der Waals surface area contributed by atoms with Gasteiger partial charge in [0.2, 0.25) is 17.3 Å². The highest BCUT2D eigenvalue weighted by atomic mass is 19.1. The molecule has 0 bridgehead atoms. The first-order valence-corrected chi connectivity index (χ1v) is 8.73. The zero-order valence-electron chi connectivity index (χ0n) is 15.1. The number of Topliss-reactive ketones (excluding diaryl/α,β-unsaturated/α-hetero) is 1. The maximum atomic E-state index is 13.9. The highest BCUT2D eigenvalue weighted by molar-refractivity contribution is 5.91. The van der Waals surface area contributed by atoms with Crippen molar-refractivity contribution in [2.45, 2.75) is 36.5 Å². The molecule has 0 amide bonds. The van der Waals surface area contributed by atoms with Crippen molar-refractivity contribution in [3.63, 3.8) is 0 Å². The molecule has 1 aromatic carbocycles. The summed E-state index contributed by atoms with van der Waals surface area (Å²) >= 11 is 0. The number of carbonyl (C=O) groups excluding carboxylic acids is 1. The van der Waals surface area contributed by atoms with Gasteiger partial charge in [-0.2, -0.15) is 4.39 Å². The molecule has 156 valence electrons. The van der Waals surface area contributed by atoms with Crippen LogP contribution in [-0.2, 0) is 21.7 Å². The van der Waals surface area contributed by atoms with E-state index >= 15 is 0 Å². The first kappa shape index (κ1) is 21.0. The van der Waals surface area contributed by atoms with Gasteiger partial charge >= 0.3 is 5.69 Å². The molecule has 5 atom stereocenters. The number of carbonyl (C=O) groups is 1. The summed E-state index contributed by atoms with van der Waals surface area (Å²) in [4.78, 5) is 38.6. The number of aromatic amines is 1. The molecule has 11 heteroatoms. The minimum atomic E-state index is -2.65. The predicted octanol–water partition coefficient (Wildman–Crippen LogP) is -2.42. The van der Waals surface area contributed by atoms with Crippen molar-refractivity contribution in [1.29, 1.82) is 0 Å². The first-order chi connectivity index (χ1) is 13.7. The summed E-state index contributed by atoms with van der Waals surface area (Å²) in [6.07, 6.45) is -4.94. The number of ketones is 1. The predicted molar refractivity (Wildman–Crippen MR) is 96.4 cm³/mol. The van der Waals surface area contributed by atoms with Gasteiger partial charge in [-0.3, -0.25) is 19.1 Å². The molecule has 0 radical (unpaired) electrons. The minimum Gasteiger partial charge on any atom is -0.394 e. The quantitative estimate of drug-likeness (QED) is 0.351. The Morgan fingerprint density at radius 2 is 1.97 bits per heavy atom. The lowest BCUT2D eigenvalue weighted by molar-refractivity contribution is -0.177. The molecule has 1 aromatic heterocycles. The number of rotatable bonds is 6. The molecular weight excluding hydrogens is 389 g/mol. The summed E-state index contributed by atoms with van der Waals surface area (Å²) in [7, 11) is 0. The molecule has 0 aliphatic carbocycles. The van der Waals surface area contributed by atoms with Gasteiger partial charge in [0.15, 0.2) is 0 Å². The van der Waals surface area contributed by atoms with Crippen molar-refractivity contribution >= 4 is 5.78 Å². The van der Waals surface area contributed by atoms with Gasteiger partial charge in [-0.15, -0.1) is 0 Å². The molecule has 0 unspecified atom stereocenters. The molecule has 1 aliphatic heterocycles. The molecule has 2 aromatic rings. The fraction of sp³-hybridized carbons (Fsp3) is 0.389. The number of hydrogen-bond acceptors (Lipinski definition) is 8. The average Bonchev–Trinajstić information content (AvgIpc) is 2.96. The van der Waals surface area contributed by atoms with Crippen LogP contribution in [-0.4, -0.2) is 61.6 Å². The third kappa shape index (κ3) is 3.54. The number of nitrogens with zero attached hydrogens (tertiary/aromatic N) is 1. The van der Waals surface area contributed by atoms with Gasteiger partial charge in [0.05, 0.1) is 18.8 Å². The number of benzene rings is 1. The largest absolute Gasteiger partial charge is 0.394 e. The van der Waals surface area contributed by atoms with Crippen LogP contribution in [0.15, 0.2) is 46.1 Å². The number of halogens is 1. The molecule has 0 saturated carbocycles. The lowest BCUT2D eigenvalue weighted by Crippen LogP contribution is -2.61. The van der Waals surface area contributed by atoms with Gasteiger partial charge in [-0.05, 0) is 12.0 Å². The SMILES string of the molecule is N[C@@H](Cc1ccccc1)C(=O)[C@@]1(n2cc(F)c(=O)[nH]c2=O)O[C@H](CO)[C@@H](O)[C@H]1O. The third-order valence-corrected chi connectivity index (χ3v) is 4.86. The van der Waals surface area contributed by atoms with Crippen molar-refractivity contribution in [3.05, 3.63) is 68.7 Å². The van der Waals surface area contributed by atoms with Crippen LogP contribution in [0.5, 0.6) is 0 Å². The number of aliphatic hydroxyl groups is 3.